The second-order valence-electron chi connectivity index (χ2n) is 6.18. The van der Waals surface area contributed by atoms with Gasteiger partial charge in [0, 0.05) is 17.6 Å². The van der Waals surface area contributed by atoms with E-state index in [1.165, 1.54) is 0 Å². The van der Waals surface area contributed by atoms with Crippen LogP contribution in [-0.4, -0.2) is 22.2 Å². The molecule has 3 rings (SSSR count). The molecule has 2 heterocycles. The van der Waals surface area contributed by atoms with Gasteiger partial charge in [-0.15, -0.1) is 0 Å². The Kier molecular flexibility index (Phi) is 5.78. The number of rotatable bonds is 7. The molecule has 26 heavy (non-hydrogen) atoms. The lowest BCUT2D eigenvalue weighted by molar-refractivity contribution is 0.0945. The highest BCUT2D eigenvalue weighted by Gasteiger charge is 2.19. The molecule has 1 amide bonds. The number of halogens is 1. The van der Waals surface area contributed by atoms with Crippen LogP contribution in [0.4, 0.5) is 0 Å². The molecule has 0 saturated heterocycles. The smallest absolute Gasteiger partial charge is 0.270 e. The van der Waals surface area contributed by atoms with Crippen molar-refractivity contribution in [2.75, 3.05) is 6.54 Å². The zero-order valence-electron chi connectivity index (χ0n) is 15.0. The van der Waals surface area contributed by atoms with Gasteiger partial charge in [-0.1, -0.05) is 37.4 Å². The molecule has 5 nitrogen and oxygen atoms in total. The van der Waals surface area contributed by atoms with E-state index >= 15 is 0 Å². The maximum atomic E-state index is 12.7. The molecule has 0 radical (unpaired) electrons. The van der Waals surface area contributed by atoms with Gasteiger partial charge in [0.25, 0.3) is 5.91 Å². The zero-order chi connectivity index (χ0) is 18.5. The van der Waals surface area contributed by atoms with E-state index in [0.717, 1.165) is 30.7 Å². The predicted molar refractivity (Wildman–Crippen MR) is 103 cm³/mol. The number of benzene rings is 1. The minimum atomic E-state index is -0.164. The summed E-state index contributed by atoms with van der Waals surface area (Å²) in [6.07, 6.45) is 3.15. The summed E-state index contributed by atoms with van der Waals surface area (Å²) in [7, 11) is 0. The third kappa shape index (κ3) is 4.17. The number of aromatic nitrogens is 2. The Morgan fingerprint density at radius 2 is 2.08 bits per heavy atom. The highest BCUT2D eigenvalue weighted by Crippen LogP contribution is 2.24. The van der Waals surface area contributed by atoms with Crippen LogP contribution >= 0.6 is 11.6 Å². The summed E-state index contributed by atoms with van der Waals surface area (Å²) in [5.41, 5.74) is 1.79. The normalized spacial score (nSPS) is 10.9. The van der Waals surface area contributed by atoms with Crippen molar-refractivity contribution in [1.82, 2.24) is 15.1 Å². The molecule has 0 fully saturated rings. The molecule has 1 aromatic carbocycles. The molecule has 0 saturated carbocycles. The lowest BCUT2D eigenvalue weighted by atomic mass is 10.2. The summed E-state index contributed by atoms with van der Waals surface area (Å²) >= 11 is 6.11. The lowest BCUT2D eigenvalue weighted by Crippen LogP contribution is -2.26. The Morgan fingerprint density at radius 3 is 2.77 bits per heavy atom. The molecule has 0 spiro atoms. The van der Waals surface area contributed by atoms with Crippen LogP contribution in [0, 0.1) is 6.92 Å². The minimum absolute atomic E-state index is 0.164. The number of nitrogens with one attached hydrogen (secondary N) is 1. The average Bonchev–Trinajstić information content (AvgIpc) is 3.25. The van der Waals surface area contributed by atoms with Crippen molar-refractivity contribution < 1.29 is 9.21 Å². The van der Waals surface area contributed by atoms with Gasteiger partial charge in [-0.05, 0) is 43.7 Å². The van der Waals surface area contributed by atoms with E-state index in [1.54, 1.807) is 22.9 Å². The Morgan fingerprint density at radius 1 is 1.23 bits per heavy atom. The van der Waals surface area contributed by atoms with Gasteiger partial charge in [0.2, 0.25) is 0 Å². The van der Waals surface area contributed by atoms with E-state index in [1.807, 2.05) is 31.2 Å². The van der Waals surface area contributed by atoms with Gasteiger partial charge in [-0.2, -0.15) is 5.10 Å². The van der Waals surface area contributed by atoms with Crippen molar-refractivity contribution in [1.29, 1.82) is 0 Å². The van der Waals surface area contributed by atoms with Crippen molar-refractivity contribution in [3.8, 4) is 17.1 Å². The number of carbonyl (C=O) groups excluding carboxylic acids is 1. The van der Waals surface area contributed by atoms with E-state index < -0.39 is 0 Å². The number of carbonyl (C=O) groups is 1. The molecule has 0 atom stereocenters. The molecule has 136 valence electrons. The molecular weight excluding hydrogens is 350 g/mol. The zero-order valence-corrected chi connectivity index (χ0v) is 15.7. The molecule has 0 aliphatic heterocycles. The highest BCUT2D eigenvalue weighted by atomic mass is 35.5. The van der Waals surface area contributed by atoms with E-state index in [4.69, 9.17) is 16.0 Å². The number of hydrogen-bond acceptors (Lipinski definition) is 3. The van der Waals surface area contributed by atoms with Crippen molar-refractivity contribution in [3.05, 3.63) is 58.9 Å². The van der Waals surface area contributed by atoms with Gasteiger partial charge in [0.15, 0.2) is 5.76 Å². The quantitative estimate of drug-likeness (QED) is 0.593. The molecule has 0 aliphatic rings. The van der Waals surface area contributed by atoms with Crippen LogP contribution in [-0.2, 0) is 0 Å². The third-order valence-electron chi connectivity index (χ3n) is 4.05. The van der Waals surface area contributed by atoms with Crippen molar-refractivity contribution in [3.63, 3.8) is 0 Å². The molecule has 0 unspecified atom stereocenters. The van der Waals surface area contributed by atoms with Gasteiger partial charge in [-0.25, -0.2) is 4.68 Å². The van der Waals surface area contributed by atoms with Crippen LogP contribution < -0.4 is 5.32 Å². The summed E-state index contributed by atoms with van der Waals surface area (Å²) in [6.45, 7) is 4.65. The second kappa shape index (κ2) is 8.23. The highest BCUT2D eigenvalue weighted by molar-refractivity contribution is 6.30. The number of aryl methyl sites for hydroxylation is 1. The Balaban J connectivity index is 1.95. The molecule has 2 aromatic heterocycles. The molecule has 6 heteroatoms. The SMILES string of the molecule is CCCCCNC(=O)c1cc(-c2ccc(C)o2)nn1-c1cccc(Cl)c1. The van der Waals surface area contributed by atoms with Crippen LogP contribution in [0.15, 0.2) is 46.9 Å². The van der Waals surface area contributed by atoms with E-state index in [2.05, 4.69) is 17.3 Å². The van der Waals surface area contributed by atoms with Gasteiger partial charge in [0.05, 0.1) is 5.69 Å². The van der Waals surface area contributed by atoms with Crippen LogP contribution in [0.25, 0.3) is 17.1 Å². The van der Waals surface area contributed by atoms with Gasteiger partial charge >= 0.3 is 0 Å². The fourth-order valence-corrected chi connectivity index (χ4v) is 2.89. The van der Waals surface area contributed by atoms with Crippen LogP contribution in [0.5, 0.6) is 0 Å². The summed E-state index contributed by atoms with van der Waals surface area (Å²) < 4.78 is 7.26. The second-order valence-corrected chi connectivity index (χ2v) is 6.62. The molecule has 3 aromatic rings. The summed E-state index contributed by atoms with van der Waals surface area (Å²) in [5.74, 6) is 1.26. The summed E-state index contributed by atoms with van der Waals surface area (Å²) in [5, 5.41) is 8.13. The molecule has 1 N–H and O–H groups in total. The first-order valence-corrected chi connectivity index (χ1v) is 9.17. The Labute approximate surface area is 158 Å². The number of furan rings is 1. The Hall–Kier alpha value is -2.53. The first kappa shape index (κ1) is 18.3. The van der Waals surface area contributed by atoms with Crippen LogP contribution in [0.1, 0.15) is 42.4 Å². The van der Waals surface area contributed by atoms with Gasteiger partial charge in [0.1, 0.15) is 17.1 Å². The maximum absolute atomic E-state index is 12.7. The molecular formula is C20H22ClN3O2. The lowest BCUT2D eigenvalue weighted by Gasteiger charge is -2.08. The first-order chi connectivity index (χ1) is 12.6. The van der Waals surface area contributed by atoms with Crippen molar-refractivity contribution in [2.45, 2.75) is 33.1 Å². The average molecular weight is 372 g/mol. The molecule has 0 aliphatic carbocycles. The third-order valence-corrected chi connectivity index (χ3v) is 4.29. The fourth-order valence-electron chi connectivity index (χ4n) is 2.71. The van der Waals surface area contributed by atoms with Crippen LogP contribution in [0.2, 0.25) is 5.02 Å². The monoisotopic (exact) mass is 371 g/mol. The van der Waals surface area contributed by atoms with Crippen LogP contribution in [0.3, 0.4) is 0 Å². The number of nitrogens with zero attached hydrogens (tertiary/aromatic N) is 2. The van der Waals surface area contributed by atoms with Crippen molar-refractivity contribution >= 4 is 17.5 Å². The largest absolute Gasteiger partial charge is 0.460 e. The molecule has 0 bridgehead atoms. The fraction of sp³-hybridized carbons (Fsp3) is 0.300. The van der Waals surface area contributed by atoms with Gasteiger partial charge in [-0.3, -0.25) is 4.79 Å². The minimum Gasteiger partial charge on any atom is -0.460 e. The number of hydrogen-bond donors (Lipinski definition) is 1. The summed E-state index contributed by atoms with van der Waals surface area (Å²) in [6, 6.07) is 12.7. The van der Waals surface area contributed by atoms with Crippen molar-refractivity contribution in [2.24, 2.45) is 0 Å². The first-order valence-electron chi connectivity index (χ1n) is 8.79. The predicted octanol–water partition coefficient (Wildman–Crippen LogP) is 5.01. The van der Waals surface area contributed by atoms with E-state index in [9.17, 15) is 4.79 Å². The topological polar surface area (TPSA) is 60.1 Å². The number of amides is 1. The Bertz CT molecular complexity index is 898. The van der Waals surface area contributed by atoms with Gasteiger partial charge < -0.3 is 9.73 Å². The summed E-state index contributed by atoms with van der Waals surface area (Å²) in [4.78, 5) is 12.7. The standard InChI is InChI=1S/C20H22ClN3O2/c1-3-4-5-11-22-20(25)18-13-17(19-10-9-14(2)26-19)23-24(18)16-8-6-7-15(21)12-16/h6-10,12-13H,3-5,11H2,1-2H3,(H,22,25). The van der Waals surface area contributed by atoms with E-state index in [0.29, 0.717) is 28.7 Å². The number of unbranched alkanes of at least 4 members (excludes halogenated alkanes) is 2. The maximum Gasteiger partial charge on any atom is 0.270 e. The van der Waals surface area contributed by atoms with E-state index in [-0.39, 0.29) is 5.91 Å².